The lowest BCUT2D eigenvalue weighted by molar-refractivity contribution is -0.143. The van der Waals surface area contributed by atoms with Crippen molar-refractivity contribution >= 4 is 23.9 Å². The Morgan fingerprint density at radius 3 is 2.12 bits per heavy atom. The highest BCUT2D eigenvalue weighted by molar-refractivity contribution is 5.89. The van der Waals surface area contributed by atoms with Gasteiger partial charge in [0.05, 0.1) is 57.1 Å². The number of aryl methyl sites for hydroxylation is 1. The van der Waals surface area contributed by atoms with Crippen LogP contribution in [0, 0.1) is 5.92 Å². The van der Waals surface area contributed by atoms with Crippen molar-refractivity contribution in [2.45, 2.75) is 69.6 Å². The molecule has 1 saturated heterocycles. The molecule has 8 rings (SSSR count). The second-order valence-corrected chi connectivity index (χ2v) is 15.5. The van der Waals surface area contributed by atoms with Gasteiger partial charge in [0.25, 0.3) is 0 Å². The standard InChI is InChI=1S/C43H48N8O7/c1-24(2)37(49-43(55)57-4)41(53)51-17-18-58-23-34(51)40-45-21-33(47-40)28-11-7-26(8-12-28)25-5-9-27(10-6-25)32-20-44-39(46-32)30-19-35(52)36-31(48-42(54)56-3)14-13-29-15-16-50(22-30)38(29)36/h5-12,15-16,20-21,24,30-31,34,36-37H,13-14,17-19,22-23H2,1-4H3,(H,44,46)(H,45,47)(H,48,54)(H,49,55)/t30-,31-,34-,36?,37-/m0/s1. The van der Waals surface area contributed by atoms with Crippen LogP contribution >= 0.6 is 0 Å². The van der Waals surface area contributed by atoms with Crippen molar-refractivity contribution in [3.05, 3.63) is 96.1 Å². The molecule has 0 bridgehead atoms. The molecule has 1 unspecified atom stereocenters. The molecular formula is C43H48N8O7. The summed E-state index contributed by atoms with van der Waals surface area (Å²) in [5.41, 5.74) is 7.83. The van der Waals surface area contributed by atoms with Crippen LogP contribution in [0.5, 0.6) is 0 Å². The molecule has 3 aromatic heterocycles. The summed E-state index contributed by atoms with van der Waals surface area (Å²) in [4.78, 5) is 69.5. The van der Waals surface area contributed by atoms with E-state index in [1.54, 1.807) is 11.1 Å². The molecule has 15 heteroatoms. The predicted octanol–water partition coefficient (Wildman–Crippen LogP) is 5.73. The molecule has 15 nitrogen and oxygen atoms in total. The topological polar surface area (TPSA) is 186 Å². The Balaban J connectivity index is 0.936. The van der Waals surface area contributed by atoms with E-state index >= 15 is 0 Å². The first-order valence-electron chi connectivity index (χ1n) is 19.7. The summed E-state index contributed by atoms with van der Waals surface area (Å²) in [5, 5.41) is 5.58. The van der Waals surface area contributed by atoms with Crippen molar-refractivity contribution in [3.63, 3.8) is 0 Å². The molecular weight excluding hydrogens is 741 g/mol. The van der Waals surface area contributed by atoms with Crippen molar-refractivity contribution in [1.82, 2.24) is 40.0 Å². The number of nitrogens with one attached hydrogen (secondary N) is 4. The van der Waals surface area contributed by atoms with Gasteiger partial charge < -0.3 is 44.3 Å². The Bertz CT molecular complexity index is 2290. The van der Waals surface area contributed by atoms with Crippen LogP contribution in [-0.4, -0.2) is 99.3 Å². The van der Waals surface area contributed by atoms with Crippen LogP contribution in [0.15, 0.2) is 73.2 Å². The van der Waals surface area contributed by atoms with Gasteiger partial charge in [0.2, 0.25) is 5.91 Å². The Morgan fingerprint density at radius 1 is 0.862 bits per heavy atom. The molecule has 3 amide bonds. The summed E-state index contributed by atoms with van der Waals surface area (Å²) in [6, 6.07) is 17.0. The van der Waals surface area contributed by atoms with Gasteiger partial charge in [0.15, 0.2) is 0 Å². The first-order valence-corrected chi connectivity index (χ1v) is 19.7. The highest BCUT2D eigenvalue weighted by Crippen LogP contribution is 2.40. The molecule has 1 aliphatic carbocycles. The maximum Gasteiger partial charge on any atom is 0.407 e. The van der Waals surface area contributed by atoms with E-state index in [9.17, 15) is 19.2 Å². The summed E-state index contributed by atoms with van der Waals surface area (Å²) in [7, 11) is 2.61. The van der Waals surface area contributed by atoms with E-state index in [2.05, 4.69) is 72.6 Å². The van der Waals surface area contributed by atoms with Crippen LogP contribution in [0.1, 0.15) is 67.5 Å². The smallest absolute Gasteiger partial charge is 0.407 e. The van der Waals surface area contributed by atoms with E-state index in [1.807, 2.05) is 38.4 Å². The van der Waals surface area contributed by atoms with Gasteiger partial charge in [-0.15, -0.1) is 0 Å². The van der Waals surface area contributed by atoms with Crippen LogP contribution in [0.4, 0.5) is 9.59 Å². The third-order valence-electron chi connectivity index (χ3n) is 11.6. The first-order chi connectivity index (χ1) is 28.1. The van der Waals surface area contributed by atoms with Crippen molar-refractivity contribution < 1.29 is 33.4 Å². The third-order valence-corrected chi connectivity index (χ3v) is 11.6. The predicted molar refractivity (Wildman–Crippen MR) is 214 cm³/mol. The zero-order chi connectivity index (χ0) is 40.5. The third kappa shape index (κ3) is 7.61. The lowest BCUT2D eigenvalue weighted by atomic mass is 9.79. The minimum Gasteiger partial charge on any atom is -0.453 e. The summed E-state index contributed by atoms with van der Waals surface area (Å²) in [5.74, 6) is 0.534. The largest absolute Gasteiger partial charge is 0.453 e. The number of H-pyrrole nitrogens is 2. The molecule has 4 N–H and O–H groups in total. The molecule has 1 fully saturated rings. The lowest BCUT2D eigenvalue weighted by Gasteiger charge is -2.37. The van der Waals surface area contributed by atoms with Crippen molar-refractivity contribution in [3.8, 4) is 33.6 Å². The van der Waals surface area contributed by atoms with Gasteiger partial charge >= 0.3 is 12.2 Å². The molecule has 0 saturated carbocycles. The fraction of sp³-hybridized carbons (Fsp3) is 0.395. The first kappa shape index (κ1) is 38.6. The number of nitrogens with zero attached hydrogens (tertiary/aromatic N) is 4. The fourth-order valence-corrected chi connectivity index (χ4v) is 8.54. The molecule has 3 aliphatic rings. The van der Waals surface area contributed by atoms with E-state index in [4.69, 9.17) is 19.2 Å². The fourth-order valence-electron chi connectivity index (χ4n) is 8.54. The van der Waals surface area contributed by atoms with E-state index < -0.39 is 30.2 Å². The van der Waals surface area contributed by atoms with Crippen LogP contribution in [0.3, 0.4) is 0 Å². The minimum absolute atomic E-state index is 0.0923. The molecule has 0 radical (unpaired) electrons. The van der Waals surface area contributed by atoms with E-state index in [0.29, 0.717) is 38.4 Å². The maximum atomic E-state index is 13.8. The second kappa shape index (κ2) is 16.3. The lowest BCUT2D eigenvalue weighted by Crippen LogP contribution is -2.54. The van der Waals surface area contributed by atoms with Crippen LogP contribution < -0.4 is 10.6 Å². The number of alkyl carbamates (subject to hydrolysis) is 2. The molecule has 5 atom stereocenters. The zero-order valence-corrected chi connectivity index (χ0v) is 33.0. The second-order valence-electron chi connectivity index (χ2n) is 15.5. The average Bonchev–Trinajstić information content (AvgIpc) is 4.02. The molecule has 5 aromatic rings. The summed E-state index contributed by atoms with van der Waals surface area (Å²) in [6.07, 6.45) is 6.25. The Hall–Kier alpha value is -6.22. The number of amides is 3. The Kier molecular flexibility index (Phi) is 10.9. The Labute approximate surface area is 335 Å². The van der Waals surface area contributed by atoms with Crippen molar-refractivity contribution in [2.24, 2.45) is 5.92 Å². The van der Waals surface area contributed by atoms with Crippen LogP contribution in [0.25, 0.3) is 33.6 Å². The van der Waals surface area contributed by atoms with Gasteiger partial charge in [-0.1, -0.05) is 62.4 Å². The van der Waals surface area contributed by atoms with Gasteiger partial charge in [0, 0.05) is 43.4 Å². The number of aromatic amines is 2. The van der Waals surface area contributed by atoms with Gasteiger partial charge in [-0.2, -0.15) is 0 Å². The molecule has 5 heterocycles. The van der Waals surface area contributed by atoms with Crippen molar-refractivity contribution in [2.75, 3.05) is 34.0 Å². The molecule has 2 aromatic carbocycles. The number of imidazole rings is 2. The monoisotopic (exact) mass is 788 g/mol. The maximum absolute atomic E-state index is 13.8. The number of morpholine rings is 1. The number of Topliss-reactive ketones (excluding diaryl/α,β-unsaturated/α-hetero) is 1. The van der Waals surface area contributed by atoms with E-state index in [-0.39, 0.29) is 36.2 Å². The zero-order valence-electron chi connectivity index (χ0n) is 33.0. The number of ether oxygens (including phenoxy) is 3. The number of ketones is 1. The minimum atomic E-state index is -0.748. The van der Waals surface area contributed by atoms with Crippen LogP contribution in [-0.2, 0) is 36.8 Å². The van der Waals surface area contributed by atoms with Gasteiger partial charge in [-0.25, -0.2) is 19.6 Å². The van der Waals surface area contributed by atoms with Crippen molar-refractivity contribution in [1.29, 1.82) is 0 Å². The highest BCUT2D eigenvalue weighted by Gasteiger charge is 2.42. The molecule has 2 aliphatic heterocycles. The number of carbonyl (C=O) groups excluding carboxylic acids is 4. The molecule has 302 valence electrons. The summed E-state index contributed by atoms with van der Waals surface area (Å²) >= 11 is 0. The number of rotatable bonds is 9. The SMILES string of the molecule is COC(=O)N[C@H]1CCc2ccn3c2C1C(=O)C[C@H](c1ncc(-c2ccc(-c4ccc(-c5cnc([C@@H]6COCCN6C(=O)[C@@H](NC(=O)OC)C(C)C)[nH]5)cc4)cc2)[nH]1)C3. The molecule has 0 spiro atoms. The summed E-state index contributed by atoms with van der Waals surface area (Å²) < 4.78 is 17.5. The van der Waals surface area contributed by atoms with Gasteiger partial charge in [-0.3, -0.25) is 9.59 Å². The number of hydrogen-bond acceptors (Lipinski definition) is 9. The number of methoxy groups -OCH3 is 2. The summed E-state index contributed by atoms with van der Waals surface area (Å²) in [6.45, 7) is 5.42. The van der Waals surface area contributed by atoms with Crippen LogP contribution in [0.2, 0.25) is 0 Å². The number of hydrogen-bond donors (Lipinski definition) is 4. The number of carbonyl (C=O) groups is 4. The van der Waals surface area contributed by atoms with Gasteiger partial charge in [0.1, 0.15) is 29.5 Å². The quantitative estimate of drug-likeness (QED) is 0.145. The normalized spacial score (nSPS) is 20.8. The molecule has 58 heavy (non-hydrogen) atoms. The van der Waals surface area contributed by atoms with E-state index in [0.717, 1.165) is 57.1 Å². The number of aromatic nitrogens is 5. The highest BCUT2D eigenvalue weighted by atomic mass is 16.5. The number of benzene rings is 2. The van der Waals surface area contributed by atoms with Gasteiger partial charge in [-0.05, 0) is 52.6 Å². The Morgan fingerprint density at radius 2 is 1.48 bits per heavy atom. The van der Waals surface area contributed by atoms with E-state index in [1.165, 1.54) is 14.2 Å². The average molecular weight is 789 g/mol.